The van der Waals surface area contributed by atoms with Crippen LogP contribution in [-0.2, 0) is 4.74 Å². The predicted molar refractivity (Wildman–Crippen MR) is 68.8 cm³/mol. The van der Waals surface area contributed by atoms with Gasteiger partial charge in [-0.15, -0.1) is 0 Å². The zero-order valence-corrected chi connectivity index (χ0v) is 11.2. The van der Waals surface area contributed by atoms with E-state index in [1.165, 1.54) is 25.8 Å². The average Bonchev–Trinajstić information content (AvgIpc) is 2.29. The number of hydrogen-bond acceptors (Lipinski definition) is 3. The lowest BCUT2D eigenvalue weighted by atomic mass is 10.1. The van der Waals surface area contributed by atoms with Gasteiger partial charge in [-0.3, -0.25) is 4.90 Å². The van der Waals surface area contributed by atoms with Gasteiger partial charge < -0.3 is 10.1 Å². The van der Waals surface area contributed by atoms with Crippen LogP contribution in [0.25, 0.3) is 0 Å². The van der Waals surface area contributed by atoms with Crippen LogP contribution in [0.1, 0.15) is 40.0 Å². The van der Waals surface area contributed by atoms with Crippen LogP contribution in [0.15, 0.2) is 0 Å². The summed E-state index contributed by atoms with van der Waals surface area (Å²) in [5.41, 5.74) is 0. The second-order valence-electron chi connectivity index (χ2n) is 4.96. The lowest BCUT2D eigenvalue weighted by molar-refractivity contribution is -0.00108. The standard InChI is InChI=1S/C13H28N2O/c1-4-7-14-12(2)6-5-8-15-9-10-16-11-13(15)3/h12-14H,4-11H2,1-3H3. The molecule has 0 aromatic carbocycles. The van der Waals surface area contributed by atoms with Gasteiger partial charge in [0.15, 0.2) is 0 Å². The molecule has 0 bridgehead atoms. The fourth-order valence-electron chi connectivity index (χ4n) is 2.19. The van der Waals surface area contributed by atoms with E-state index in [4.69, 9.17) is 4.74 Å². The van der Waals surface area contributed by atoms with E-state index in [-0.39, 0.29) is 0 Å². The van der Waals surface area contributed by atoms with E-state index in [9.17, 15) is 0 Å². The fraction of sp³-hybridized carbons (Fsp3) is 1.00. The van der Waals surface area contributed by atoms with Gasteiger partial charge in [0.1, 0.15) is 0 Å². The highest BCUT2D eigenvalue weighted by Crippen LogP contribution is 2.08. The molecule has 1 rings (SSSR count). The van der Waals surface area contributed by atoms with E-state index in [2.05, 4.69) is 31.0 Å². The Morgan fingerprint density at radius 1 is 1.50 bits per heavy atom. The van der Waals surface area contributed by atoms with Gasteiger partial charge in [0.2, 0.25) is 0 Å². The summed E-state index contributed by atoms with van der Waals surface area (Å²) in [6, 6.07) is 1.27. The number of nitrogens with zero attached hydrogens (tertiary/aromatic N) is 1. The van der Waals surface area contributed by atoms with E-state index >= 15 is 0 Å². The van der Waals surface area contributed by atoms with Crippen molar-refractivity contribution in [1.29, 1.82) is 0 Å². The first kappa shape index (κ1) is 13.9. The summed E-state index contributed by atoms with van der Waals surface area (Å²) in [4.78, 5) is 2.55. The minimum Gasteiger partial charge on any atom is -0.379 e. The Bertz CT molecular complexity index is 175. The predicted octanol–water partition coefficient (Wildman–Crippen LogP) is 1.88. The SMILES string of the molecule is CCCNC(C)CCCN1CCOCC1C. The van der Waals surface area contributed by atoms with Crippen molar-refractivity contribution in [2.24, 2.45) is 0 Å². The monoisotopic (exact) mass is 228 g/mol. The van der Waals surface area contributed by atoms with Crippen LogP contribution in [-0.4, -0.2) is 49.8 Å². The number of rotatable bonds is 7. The Hall–Kier alpha value is -0.120. The highest BCUT2D eigenvalue weighted by molar-refractivity contribution is 4.71. The molecule has 0 spiro atoms. The van der Waals surface area contributed by atoms with E-state index in [0.717, 1.165) is 26.3 Å². The van der Waals surface area contributed by atoms with Gasteiger partial charge in [0.25, 0.3) is 0 Å². The van der Waals surface area contributed by atoms with E-state index in [1.54, 1.807) is 0 Å². The van der Waals surface area contributed by atoms with Crippen molar-refractivity contribution in [2.75, 3.05) is 32.8 Å². The minimum absolute atomic E-state index is 0.604. The van der Waals surface area contributed by atoms with Crippen molar-refractivity contribution in [2.45, 2.75) is 52.1 Å². The molecule has 0 radical (unpaired) electrons. The second-order valence-corrected chi connectivity index (χ2v) is 4.96. The topological polar surface area (TPSA) is 24.5 Å². The van der Waals surface area contributed by atoms with Crippen molar-refractivity contribution >= 4 is 0 Å². The maximum atomic E-state index is 5.44. The number of morpholine rings is 1. The lowest BCUT2D eigenvalue weighted by Crippen LogP contribution is -2.44. The molecule has 1 aliphatic heterocycles. The Kier molecular flexibility index (Phi) is 7.01. The van der Waals surface area contributed by atoms with Gasteiger partial charge in [-0.1, -0.05) is 6.92 Å². The molecular weight excluding hydrogens is 200 g/mol. The fourth-order valence-corrected chi connectivity index (χ4v) is 2.19. The molecule has 2 unspecified atom stereocenters. The van der Waals surface area contributed by atoms with Crippen molar-refractivity contribution < 1.29 is 4.74 Å². The third kappa shape index (κ3) is 5.28. The Morgan fingerprint density at radius 3 is 3.00 bits per heavy atom. The smallest absolute Gasteiger partial charge is 0.0619 e. The average molecular weight is 228 g/mol. The molecule has 0 aliphatic carbocycles. The van der Waals surface area contributed by atoms with Gasteiger partial charge in [-0.25, -0.2) is 0 Å². The summed E-state index contributed by atoms with van der Waals surface area (Å²) < 4.78 is 5.44. The lowest BCUT2D eigenvalue weighted by Gasteiger charge is -2.33. The molecule has 1 heterocycles. The van der Waals surface area contributed by atoms with Crippen LogP contribution in [0.2, 0.25) is 0 Å². The van der Waals surface area contributed by atoms with Gasteiger partial charge in [0, 0.05) is 18.6 Å². The van der Waals surface area contributed by atoms with Crippen molar-refractivity contribution in [3.8, 4) is 0 Å². The summed E-state index contributed by atoms with van der Waals surface area (Å²) in [6.07, 6.45) is 3.80. The zero-order valence-electron chi connectivity index (χ0n) is 11.2. The molecule has 2 atom stereocenters. The van der Waals surface area contributed by atoms with Crippen molar-refractivity contribution in [1.82, 2.24) is 10.2 Å². The van der Waals surface area contributed by atoms with Gasteiger partial charge in [0.05, 0.1) is 13.2 Å². The van der Waals surface area contributed by atoms with E-state index in [1.807, 2.05) is 0 Å². The Labute approximate surface area is 101 Å². The third-order valence-corrected chi connectivity index (χ3v) is 3.33. The maximum Gasteiger partial charge on any atom is 0.0619 e. The Balaban J connectivity index is 2.05. The molecule has 1 aliphatic rings. The normalized spacial score (nSPS) is 24.6. The van der Waals surface area contributed by atoms with Crippen molar-refractivity contribution in [3.05, 3.63) is 0 Å². The summed E-state index contributed by atoms with van der Waals surface area (Å²) in [5, 5.41) is 3.54. The number of ether oxygens (including phenoxy) is 1. The van der Waals surface area contributed by atoms with Gasteiger partial charge >= 0.3 is 0 Å². The second kappa shape index (κ2) is 8.04. The first-order valence-corrected chi connectivity index (χ1v) is 6.79. The molecular formula is C13H28N2O. The quantitative estimate of drug-likeness (QED) is 0.720. The molecule has 0 saturated carbocycles. The third-order valence-electron chi connectivity index (χ3n) is 3.33. The first-order valence-electron chi connectivity index (χ1n) is 6.79. The summed E-state index contributed by atoms with van der Waals surface area (Å²) in [7, 11) is 0. The molecule has 3 nitrogen and oxygen atoms in total. The number of nitrogens with one attached hydrogen (secondary N) is 1. The highest BCUT2D eigenvalue weighted by atomic mass is 16.5. The molecule has 0 amide bonds. The van der Waals surface area contributed by atoms with Crippen LogP contribution < -0.4 is 5.32 Å². The van der Waals surface area contributed by atoms with Crippen LogP contribution in [0.3, 0.4) is 0 Å². The summed E-state index contributed by atoms with van der Waals surface area (Å²) >= 11 is 0. The zero-order chi connectivity index (χ0) is 11.8. The van der Waals surface area contributed by atoms with Gasteiger partial charge in [-0.05, 0) is 46.2 Å². The molecule has 1 saturated heterocycles. The summed E-state index contributed by atoms with van der Waals surface area (Å²) in [6.45, 7) is 12.1. The highest BCUT2D eigenvalue weighted by Gasteiger charge is 2.17. The number of hydrogen-bond donors (Lipinski definition) is 1. The van der Waals surface area contributed by atoms with Crippen LogP contribution in [0.5, 0.6) is 0 Å². The molecule has 1 N–H and O–H groups in total. The Morgan fingerprint density at radius 2 is 2.31 bits per heavy atom. The van der Waals surface area contributed by atoms with E-state index in [0.29, 0.717) is 12.1 Å². The molecule has 16 heavy (non-hydrogen) atoms. The molecule has 1 fully saturated rings. The van der Waals surface area contributed by atoms with Crippen LogP contribution in [0, 0.1) is 0 Å². The molecule has 3 heteroatoms. The van der Waals surface area contributed by atoms with E-state index < -0.39 is 0 Å². The molecule has 0 aromatic rings. The molecule has 0 aromatic heterocycles. The van der Waals surface area contributed by atoms with Crippen LogP contribution in [0.4, 0.5) is 0 Å². The summed E-state index contributed by atoms with van der Waals surface area (Å²) in [5.74, 6) is 0. The first-order chi connectivity index (χ1) is 7.74. The molecule has 96 valence electrons. The van der Waals surface area contributed by atoms with Gasteiger partial charge in [-0.2, -0.15) is 0 Å². The minimum atomic E-state index is 0.604. The maximum absolute atomic E-state index is 5.44. The van der Waals surface area contributed by atoms with Crippen molar-refractivity contribution in [3.63, 3.8) is 0 Å². The largest absolute Gasteiger partial charge is 0.379 e. The van der Waals surface area contributed by atoms with Crippen LogP contribution >= 0.6 is 0 Å².